The largest absolute Gasteiger partial charge is 0.457 e. The molecule has 2 rings (SSSR count). The van der Waals surface area contributed by atoms with Crippen LogP contribution in [0.5, 0.6) is 11.5 Å². The van der Waals surface area contributed by atoms with E-state index in [0.29, 0.717) is 22.6 Å². The van der Waals surface area contributed by atoms with Crippen LogP contribution in [-0.4, -0.2) is 10.8 Å². The summed E-state index contributed by atoms with van der Waals surface area (Å²) in [5.41, 5.74) is 7.54. The van der Waals surface area contributed by atoms with Crippen molar-refractivity contribution < 1.29 is 9.66 Å². The van der Waals surface area contributed by atoms with Crippen LogP contribution in [0.15, 0.2) is 36.4 Å². The molecule has 0 bridgehead atoms. The van der Waals surface area contributed by atoms with Crippen molar-refractivity contribution in [2.24, 2.45) is 5.73 Å². The zero-order chi connectivity index (χ0) is 15.6. The topological polar surface area (TPSA) is 102 Å². The predicted molar refractivity (Wildman–Crippen MR) is 80.1 cm³/mol. The highest BCUT2D eigenvalue weighted by Crippen LogP contribution is 2.28. The second-order valence-electron chi connectivity index (χ2n) is 4.70. The molecule has 2 aromatic rings. The van der Waals surface area contributed by atoms with Crippen LogP contribution in [0.2, 0.25) is 0 Å². The van der Waals surface area contributed by atoms with E-state index < -0.39 is 4.92 Å². The summed E-state index contributed by atoms with van der Waals surface area (Å²) in [6.07, 6.45) is 0. The van der Waals surface area contributed by atoms with Gasteiger partial charge in [-0.15, -0.1) is 0 Å². The van der Waals surface area contributed by atoms with Crippen LogP contribution in [0.3, 0.4) is 0 Å². The van der Waals surface area contributed by atoms with Crippen LogP contribution in [0.25, 0.3) is 0 Å². The molecule has 0 fully saturated rings. The van der Waals surface area contributed by atoms with E-state index >= 15 is 0 Å². The highest BCUT2D eigenvalue weighted by Gasteiger charge is 2.11. The monoisotopic (exact) mass is 285 g/mol. The molecule has 6 nitrogen and oxygen atoms in total. The highest BCUT2D eigenvalue weighted by molar-refractivity contribution is 5.96. The SMILES string of the molecule is Cc1cc(Oc2ccc([N+](=O)[O-])c(C)c2)ccc1C(=N)N. The second kappa shape index (κ2) is 5.62. The molecule has 21 heavy (non-hydrogen) atoms. The third kappa shape index (κ3) is 3.17. The van der Waals surface area contributed by atoms with Crippen molar-refractivity contribution in [1.29, 1.82) is 5.41 Å². The molecule has 6 heteroatoms. The number of nitrogen functional groups attached to an aromatic ring is 1. The molecule has 3 N–H and O–H groups in total. The van der Waals surface area contributed by atoms with Gasteiger partial charge >= 0.3 is 0 Å². The van der Waals surface area contributed by atoms with E-state index in [4.69, 9.17) is 15.9 Å². The molecule has 0 radical (unpaired) electrons. The van der Waals surface area contributed by atoms with Crippen LogP contribution in [0, 0.1) is 29.4 Å². The van der Waals surface area contributed by atoms with Gasteiger partial charge in [0.05, 0.1) is 4.92 Å². The maximum atomic E-state index is 10.8. The predicted octanol–water partition coefficient (Wildman–Crippen LogP) is 3.29. The van der Waals surface area contributed by atoms with E-state index in [-0.39, 0.29) is 11.5 Å². The molecule has 0 saturated heterocycles. The van der Waals surface area contributed by atoms with Gasteiger partial charge in [0.2, 0.25) is 0 Å². The van der Waals surface area contributed by atoms with Gasteiger partial charge in [-0.05, 0) is 49.7 Å². The fourth-order valence-electron chi connectivity index (χ4n) is 2.03. The van der Waals surface area contributed by atoms with Gasteiger partial charge in [-0.2, -0.15) is 0 Å². The summed E-state index contributed by atoms with van der Waals surface area (Å²) in [7, 11) is 0. The molecule has 0 unspecified atom stereocenters. The number of nitrogens with zero attached hydrogens (tertiary/aromatic N) is 1. The maximum absolute atomic E-state index is 10.8. The molecule has 0 aliphatic rings. The van der Waals surface area contributed by atoms with Crippen LogP contribution in [0.1, 0.15) is 16.7 Å². The number of hydrogen-bond acceptors (Lipinski definition) is 4. The minimum atomic E-state index is -0.426. The second-order valence-corrected chi connectivity index (χ2v) is 4.70. The summed E-state index contributed by atoms with van der Waals surface area (Å²) in [6, 6.07) is 9.78. The first-order valence-corrected chi connectivity index (χ1v) is 6.26. The third-order valence-electron chi connectivity index (χ3n) is 3.09. The number of aryl methyl sites for hydroxylation is 2. The van der Waals surface area contributed by atoms with E-state index in [1.54, 1.807) is 37.3 Å². The number of hydrogen-bond donors (Lipinski definition) is 2. The van der Waals surface area contributed by atoms with E-state index in [2.05, 4.69) is 0 Å². The van der Waals surface area contributed by atoms with E-state index in [1.165, 1.54) is 6.07 Å². The number of nitrogens with one attached hydrogen (secondary N) is 1. The van der Waals surface area contributed by atoms with Gasteiger partial charge in [-0.3, -0.25) is 15.5 Å². The molecule has 0 heterocycles. The van der Waals surface area contributed by atoms with Crippen LogP contribution >= 0.6 is 0 Å². The lowest BCUT2D eigenvalue weighted by Crippen LogP contribution is -2.12. The molecule has 108 valence electrons. The zero-order valence-corrected chi connectivity index (χ0v) is 11.7. The maximum Gasteiger partial charge on any atom is 0.272 e. The molecule has 0 atom stereocenters. The van der Waals surface area contributed by atoms with E-state index in [0.717, 1.165) is 5.56 Å². The Balaban J connectivity index is 2.26. The fraction of sp³-hybridized carbons (Fsp3) is 0.133. The van der Waals surface area contributed by atoms with Crippen LogP contribution in [0.4, 0.5) is 5.69 Å². The minimum Gasteiger partial charge on any atom is -0.457 e. The molecular formula is C15H15N3O3. The summed E-state index contributed by atoms with van der Waals surface area (Å²) in [5, 5.41) is 18.2. The number of nitrogens with two attached hydrogens (primary N) is 1. The summed E-state index contributed by atoms with van der Waals surface area (Å²) in [5.74, 6) is 1.11. The molecule has 0 aliphatic carbocycles. The summed E-state index contributed by atoms with van der Waals surface area (Å²) < 4.78 is 5.68. The van der Waals surface area contributed by atoms with Crippen molar-refractivity contribution in [2.45, 2.75) is 13.8 Å². The number of nitro groups is 1. The van der Waals surface area contributed by atoms with E-state index in [1.807, 2.05) is 6.92 Å². The van der Waals surface area contributed by atoms with Crippen molar-refractivity contribution in [1.82, 2.24) is 0 Å². The third-order valence-corrected chi connectivity index (χ3v) is 3.09. The Bertz CT molecular complexity index is 665. The Hall–Kier alpha value is -2.89. The summed E-state index contributed by atoms with van der Waals surface area (Å²) in [6.45, 7) is 3.50. The van der Waals surface area contributed by atoms with Gasteiger partial charge in [0.1, 0.15) is 17.3 Å². The van der Waals surface area contributed by atoms with Gasteiger partial charge in [-0.1, -0.05) is 0 Å². The summed E-state index contributed by atoms with van der Waals surface area (Å²) >= 11 is 0. The molecular weight excluding hydrogens is 270 g/mol. The summed E-state index contributed by atoms with van der Waals surface area (Å²) in [4.78, 5) is 10.3. The normalized spacial score (nSPS) is 10.2. The average molecular weight is 285 g/mol. The lowest BCUT2D eigenvalue weighted by atomic mass is 10.1. The van der Waals surface area contributed by atoms with Crippen molar-refractivity contribution in [2.75, 3.05) is 0 Å². The Morgan fingerprint density at radius 1 is 1.14 bits per heavy atom. The van der Waals surface area contributed by atoms with Gasteiger partial charge in [0.15, 0.2) is 0 Å². The number of ether oxygens (including phenoxy) is 1. The molecule has 0 aromatic heterocycles. The Morgan fingerprint density at radius 2 is 1.71 bits per heavy atom. The Morgan fingerprint density at radius 3 is 2.19 bits per heavy atom. The quantitative estimate of drug-likeness (QED) is 0.389. The Kier molecular flexibility index (Phi) is 3.89. The van der Waals surface area contributed by atoms with Gasteiger partial charge in [0, 0.05) is 17.2 Å². The van der Waals surface area contributed by atoms with E-state index in [9.17, 15) is 10.1 Å². The first kappa shape index (κ1) is 14.5. The first-order valence-electron chi connectivity index (χ1n) is 6.26. The first-order chi connectivity index (χ1) is 9.88. The highest BCUT2D eigenvalue weighted by atomic mass is 16.6. The molecule has 0 aliphatic heterocycles. The number of rotatable bonds is 4. The van der Waals surface area contributed by atoms with Crippen LogP contribution < -0.4 is 10.5 Å². The van der Waals surface area contributed by atoms with Crippen molar-refractivity contribution in [3.63, 3.8) is 0 Å². The molecule has 0 spiro atoms. The Labute approximate surface area is 121 Å². The van der Waals surface area contributed by atoms with Gasteiger partial charge < -0.3 is 10.5 Å². The molecule has 0 amide bonds. The zero-order valence-electron chi connectivity index (χ0n) is 11.7. The lowest BCUT2D eigenvalue weighted by Gasteiger charge is -2.09. The number of nitro benzene ring substituents is 1. The fourth-order valence-corrected chi connectivity index (χ4v) is 2.03. The smallest absolute Gasteiger partial charge is 0.272 e. The average Bonchev–Trinajstić information content (AvgIpc) is 2.37. The van der Waals surface area contributed by atoms with Crippen LogP contribution in [-0.2, 0) is 0 Å². The lowest BCUT2D eigenvalue weighted by molar-refractivity contribution is -0.385. The molecule has 0 saturated carbocycles. The van der Waals surface area contributed by atoms with Gasteiger partial charge in [-0.25, -0.2) is 0 Å². The van der Waals surface area contributed by atoms with Gasteiger partial charge in [0.25, 0.3) is 5.69 Å². The van der Waals surface area contributed by atoms with Crippen molar-refractivity contribution >= 4 is 11.5 Å². The van der Waals surface area contributed by atoms with Crippen molar-refractivity contribution in [3.8, 4) is 11.5 Å². The van der Waals surface area contributed by atoms with Crippen molar-refractivity contribution in [3.05, 3.63) is 63.2 Å². The number of amidine groups is 1. The number of benzene rings is 2. The minimum absolute atomic E-state index is 0.00484. The molecule has 2 aromatic carbocycles. The standard InChI is InChI=1S/C15H15N3O3/c1-9-7-11(3-5-13(9)15(16)17)21-12-4-6-14(18(19)20)10(2)8-12/h3-8H,1-2H3,(H3,16,17).